The average molecular weight is 971 g/mol. The topological polar surface area (TPSA) is 160 Å². The summed E-state index contributed by atoms with van der Waals surface area (Å²) in [6.07, 6.45) is 8.23. The fourth-order valence-electron chi connectivity index (χ4n) is 10.7. The van der Waals surface area contributed by atoms with Gasteiger partial charge in [0.15, 0.2) is 0 Å². The quantitative estimate of drug-likeness (QED) is 0.121. The van der Waals surface area contributed by atoms with Gasteiger partial charge < -0.3 is 39.4 Å². The monoisotopic (exact) mass is 971 g/mol. The first-order valence-electron chi connectivity index (χ1n) is 25.8. The number of amides is 3. The van der Waals surface area contributed by atoms with Crippen molar-refractivity contribution in [3.63, 3.8) is 0 Å². The summed E-state index contributed by atoms with van der Waals surface area (Å²) >= 11 is 0. The zero-order valence-electron chi connectivity index (χ0n) is 41.7. The van der Waals surface area contributed by atoms with E-state index in [4.69, 9.17) is 9.47 Å². The number of anilines is 1. The third kappa shape index (κ3) is 12.2. The predicted octanol–water partition coefficient (Wildman–Crippen LogP) is 5.91. The molecule has 71 heavy (non-hydrogen) atoms. The highest BCUT2D eigenvalue weighted by Crippen LogP contribution is 2.29. The Kier molecular flexibility index (Phi) is 16.2. The number of carbonyl (C=O) groups is 3. The molecule has 0 saturated carbocycles. The molecular formula is C55H74N10O6. The van der Waals surface area contributed by atoms with Crippen LogP contribution in [-0.4, -0.2) is 163 Å². The molecule has 4 fully saturated rings. The molecule has 5 aromatic rings. The van der Waals surface area contributed by atoms with E-state index in [1.807, 2.05) is 102 Å². The van der Waals surface area contributed by atoms with Gasteiger partial charge in [0.05, 0.1) is 43.2 Å². The number of H-pyrrole nitrogens is 1. The number of hydrogen-bond donors (Lipinski definition) is 2. The van der Waals surface area contributed by atoms with E-state index in [2.05, 4.69) is 41.0 Å². The number of nitrogens with zero attached hydrogens (tertiary/aromatic N) is 8. The number of piperazine rings is 2. The van der Waals surface area contributed by atoms with E-state index in [0.29, 0.717) is 56.4 Å². The number of carbonyl (C=O) groups excluding carboxylic acids is 3. The molecule has 0 radical (unpaired) electrons. The average Bonchev–Trinajstić information content (AvgIpc) is 3.41. The molecule has 0 aliphatic carbocycles. The van der Waals surface area contributed by atoms with Crippen molar-refractivity contribution in [3.8, 4) is 11.5 Å². The molecule has 16 nitrogen and oxygen atoms in total. The second-order valence-corrected chi connectivity index (χ2v) is 19.6. The van der Waals surface area contributed by atoms with Crippen molar-refractivity contribution in [3.05, 3.63) is 123 Å². The lowest BCUT2D eigenvalue weighted by Crippen LogP contribution is -2.50. The minimum atomic E-state index is -0.0447. The number of methoxy groups -OCH3 is 1. The van der Waals surface area contributed by atoms with Crippen molar-refractivity contribution in [2.24, 2.45) is 5.92 Å². The fourth-order valence-corrected chi connectivity index (χ4v) is 10.7. The number of piperidine rings is 2. The molecule has 380 valence electrons. The van der Waals surface area contributed by atoms with E-state index < -0.39 is 0 Å². The van der Waals surface area contributed by atoms with Crippen LogP contribution >= 0.6 is 0 Å². The summed E-state index contributed by atoms with van der Waals surface area (Å²) in [6.45, 7) is 16.3. The van der Waals surface area contributed by atoms with Crippen LogP contribution in [-0.2, 0) is 24.3 Å². The molecular weight excluding hydrogens is 897 g/mol. The number of fused-ring (bicyclic) bond motifs is 1. The Morgan fingerprint density at radius 1 is 0.775 bits per heavy atom. The van der Waals surface area contributed by atoms with Gasteiger partial charge >= 0.3 is 0 Å². The first-order valence-corrected chi connectivity index (χ1v) is 25.8. The maximum absolute atomic E-state index is 13.8. The minimum absolute atomic E-state index is 0. The van der Waals surface area contributed by atoms with E-state index in [1.165, 1.54) is 0 Å². The van der Waals surface area contributed by atoms with Gasteiger partial charge in [-0.3, -0.25) is 34.0 Å². The number of aromatic nitrogens is 3. The standard InChI is InChI=1S/C55H70N10O6.2H2/c1-4-41-30-49-50(59-53(41)67)28-40(32-57-49)37-61-20-24-62(25-21-61)46-12-14-48(58-34-46)55(69)63-18-15-39(16-19-63)36-60-22-26-64(27-23-60)54(68)43-9-6-8-42(29-43)45-10-7-17-65(38-45)52(66)35-56-33-44-11-13-47(70-3)31-51(44)71-5-2;;/h6,8-9,11-14,28-32,34,39,45,56H,4-5,7,10,15-27,33,35-38H2,1-3H3,(H,59,67);2*1H/t45-;;/m0../s1. The molecule has 0 spiro atoms. The smallest absolute Gasteiger partial charge is 0.272 e. The van der Waals surface area contributed by atoms with Crippen molar-refractivity contribution in [1.29, 1.82) is 0 Å². The van der Waals surface area contributed by atoms with Crippen molar-refractivity contribution >= 4 is 34.4 Å². The summed E-state index contributed by atoms with van der Waals surface area (Å²) in [5.74, 6) is 2.30. The highest BCUT2D eigenvalue weighted by molar-refractivity contribution is 5.94. The molecule has 4 aliphatic heterocycles. The van der Waals surface area contributed by atoms with Crippen LogP contribution in [0, 0.1) is 5.92 Å². The van der Waals surface area contributed by atoms with Crippen LogP contribution in [0.5, 0.6) is 11.5 Å². The van der Waals surface area contributed by atoms with Crippen LogP contribution < -0.4 is 25.2 Å². The minimum Gasteiger partial charge on any atom is -0.497 e. The summed E-state index contributed by atoms with van der Waals surface area (Å²) in [5.41, 5.74) is 7.69. The number of ether oxygens (including phenoxy) is 2. The molecule has 3 aromatic heterocycles. The summed E-state index contributed by atoms with van der Waals surface area (Å²) in [4.78, 5) is 78.4. The van der Waals surface area contributed by atoms with Crippen LogP contribution in [0.2, 0.25) is 0 Å². The number of pyridine rings is 3. The van der Waals surface area contributed by atoms with Crippen molar-refractivity contribution in [2.45, 2.75) is 65.0 Å². The Morgan fingerprint density at radius 2 is 1.56 bits per heavy atom. The van der Waals surface area contributed by atoms with Gasteiger partial charge in [-0.05, 0) is 98.5 Å². The normalized spacial score (nSPS) is 18.5. The number of likely N-dealkylation sites (tertiary alicyclic amines) is 2. The highest BCUT2D eigenvalue weighted by atomic mass is 16.5. The van der Waals surface area contributed by atoms with Crippen LogP contribution in [0.1, 0.15) is 91.4 Å². The molecule has 3 amide bonds. The lowest BCUT2D eigenvalue weighted by molar-refractivity contribution is -0.131. The van der Waals surface area contributed by atoms with Gasteiger partial charge in [0.1, 0.15) is 17.2 Å². The second-order valence-electron chi connectivity index (χ2n) is 19.6. The lowest BCUT2D eigenvalue weighted by atomic mass is 9.89. The van der Waals surface area contributed by atoms with E-state index in [9.17, 15) is 19.2 Å². The molecule has 0 bridgehead atoms. The maximum Gasteiger partial charge on any atom is 0.272 e. The van der Waals surface area contributed by atoms with Gasteiger partial charge in [0, 0.05) is 136 Å². The summed E-state index contributed by atoms with van der Waals surface area (Å²) in [7, 11) is 1.63. The molecule has 16 heteroatoms. The van der Waals surface area contributed by atoms with Crippen LogP contribution in [0.3, 0.4) is 0 Å². The van der Waals surface area contributed by atoms with Crippen LogP contribution in [0.4, 0.5) is 5.69 Å². The van der Waals surface area contributed by atoms with Gasteiger partial charge in [-0.25, -0.2) is 4.98 Å². The molecule has 0 unspecified atom stereocenters. The molecule has 2 N–H and O–H groups in total. The highest BCUT2D eigenvalue weighted by Gasteiger charge is 2.30. The Bertz CT molecular complexity index is 2700. The first-order chi connectivity index (χ1) is 34.6. The largest absolute Gasteiger partial charge is 0.497 e. The number of aryl methyl sites for hydroxylation is 1. The number of nitrogens with one attached hydrogen (secondary N) is 2. The number of aromatic amines is 1. The maximum atomic E-state index is 13.8. The van der Waals surface area contributed by atoms with E-state index in [-0.39, 0.29) is 38.6 Å². The lowest BCUT2D eigenvalue weighted by Gasteiger charge is -2.39. The van der Waals surface area contributed by atoms with E-state index >= 15 is 0 Å². The Balaban J connectivity index is 0.00000390. The summed E-state index contributed by atoms with van der Waals surface area (Å²) in [5, 5.41) is 3.32. The molecule has 7 heterocycles. The van der Waals surface area contributed by atoms with Crippen LogP contribution in [0.25, 0.3) is 11.0 Å². The Morgan fingerprint density at radius 3 is 2.31 bits per heavy atom. The molecule has 2 aromatic carbocycles. The fraction of sp³-hybridized carbons (Fsp3) is 0.491. The Hall–Kier alpha value is -6.36. The van der Waals surface area contributed by atoms with Gasteiger partial charge in [-0.2, -0.15) is 0 Å². The van der Waals surface area contributed by atoms with Crippen LogP contribution in [0.15, 0.2) is 83.9 Å². The zero-order chi connectivity index (χ0) is 49.3. The third-order valence-electron chi connectivity index (χ3n) is 14.9. The number of rotatable bonds is 16. The van der Waals surface area contributed by atoms with Gasteiger partial charge in [0.25, 0.3) is 17.4 Å². The Labute approximate surface area is 420 Å². The van der Waals surface area contributed by atoms with Crippen molar-refractivity contribution < 1.29 is 26.7 Å². The third-order valence-corrected chi connectivity index (χ3v) is 14.9. The van der Waals surface area contributed by atoms with Crippen molar-refractivity contribution in [1.82, 2.24) is 44.8 Å². The molecule has 4 saturated heterocycles. The molecule has 4 aliphatic rings. The molecule has 1 atom stereocenters. The summed E-state index contributed by atoms with van der Waals surface area (Å²) in [6, 6.07) is 21.6. The SMILES string of the molecule is CCOc1cc(OC)ccc1CNCC(=O)N1CCC[C@H](c2cccc(C(=O)N3CCN(CC4CCN(C(=O)c5ccc(N6CCN(Cc7cnc8cc(CC)c(=O)[nH]c8c7)CC6)cn5)CC4)CC3)c2)C1.[HH].[HH]. The number of hydrogen-bond acceptors (Lipinski definition) is 12. The second kappa shape index (κ2) is 23.2. The van der Waals surface area contributed by atoms with Crippen molar-refractivity contribution in [2.75, 3.05) is 110 Å². The van der Waals surface area contributed by atoms with Gasteiger partial charge in [-0.15, -0.1) is 0 Å². The number of benzene rings is 2. The van der Waals surface area contributed by atoms with E-state index in [1.54, 1.807) is 7.11 Å². The zero-order valence-corrected chi connectivity index (χ0v) is 41.7. The summed E-state index contributed by atoms with van der Waals surface area (Å²) < 4.78 is 11.2. The molecule has 9 rings (SSSR count). The van der Waals surface area contributed by atoms with Gasteiger partial charge in [0.2, 0.25) is 5.91 Å². The predicted molar refractivity (Wildman–Crippen MR) is 280 cm³/mol. The van der Waals surface area contributed by atoms with Gasteiger partial charge in [-0.1, -0.05) is 25.1 Å². The first kappa shape index (κ1) is 49.6. The van der Waals surface area contributed by atoms with E-state index in [0.717, 1.165) is 148 Å².